The van der Waals surface area contributed by atoms with Gasteiger partial charge < -0.3 is 15.5 Å². The summed E-state index contributed by atoms with van der Waals surface area (Å²) in [7, 11) is 0. The van der Waals surface area contributed by atoms with Crippen LogP contribution in [0.15, 0.2) is 64.2 Å². The average molecular weight is 462 g/mol. The lowest BCUT2D eigenvalue weighted by molar-refractivity contribution is -0.117. The van der Waals surface area contributed by atoms with E-state index in [0.717, 1.165) is 37.1 Å². The number of aromatic amines is 1. The fourth-order valence-electron chi connectivity index (χ4n) is 4.46. The van der Waals surface area contributed by atoms with Crippen LogP contribution in [-0.2, 0) is 17.8 Å². The summed E-state index contributed by atoms with van der Waals surface area (Å²) in [5.41, 5.74) is 8.33. The lowest BCUT2D eigenvalue weighted by atomic mass is 10.0. The number of carbonyl (C=O) groups is 1. The van der Waals surface area contributed by atoms with Gasteiger partial charge in [-0.15, -0.1) is 0 Å². The highest BCUT2D eigenvalue weighted by atomic mass is 16.2. The maximum atomic E-state index is 13.6. The third kappa shape index (κ3) is 4.90. The molecule has 3 N–H and O–H groups in total. The molecule has 8 heteroatoms. The van der Waals surface area contributed by atoms with Crippen LogP contribution in [0.25, 0.3) is 0 Å². The van der Waals surface area contributed by atoms with Crippen molar-refractivity contribution in [1.82, 2.24) is 9.55 Å². The summed E-state index contributed by atoms with van der Waals surface area (Å²) in [4.78, 5) is 45.0. The van der Waals surface area contributed by atoms with Crippen LogP contribution in [0, 0.1) is 0 Å². The van der Waals surface area contributed by atoms with E-state index in [4.69, 9.17) is 5.73 Å². The number of nitrogen functional groups attached to an aromatic ring is 1. The van der Waals surface area contributed by atoms with Crippen molar-refractivity contribution in [3.05, 3.63) is 86.6 Å². The summed E-state index contributed by atoms with van der Waals surface area (Å²) < 4.78 is 1.31. The van der Waals surface area contributed by atoms with Crippen molar-refractivity contribution in [2.45, 2.75) is 39.2 Å². The second-order valence-electron chi connectivity index (χ2n) is 8.62. The predicted molar refractivity (Wildman–Crippen MR) is 136 cm³/mol. The summed E-state index contributed by atoms with van der Waals surface area (Å²) in [6, 6.07) is 17.5. The second kappa shape index (κ2) is 10.4. The number of hydrogen-bond donors (Lipinski definition) is 2. The van der Waals surface area contributed by atoms with Crippen LogP contribution < -0.4 is 26.8 Å². The molecule has 0 saturated carbocycles. The first-order valence-corrected chi connectivity index (χ1v) is 11.8. The Labute approximate surface area is 198 Å². The number of rotatable bonds is 8. The van der Waals surface area contributed by atoms with Crippen LogP contribution in [0.4, 0.5) is 17.2 Å². The zero-order valence-electron chi connectivity index (χ0n) is 19.5. The Hall–Kier alpha value is -3.81. The minimum Gasteiger partial charge on any atom is -0.383 e. The maximum absolute atomic E-state index is 13.6. The molecule has 0 fully saturated rings. The van der Waals surface area contributed by atoms with Crippen molar-refractivity contribution in [1.29, 1.82) is 0 Å². The van der Waals surface area contributed by atoms with Crippen LogP contribution >= 0.6 is 0 Å². The first-order valence-electron chi connectivity index (χ1n) is 11.8. The summed E-state index contributed by atoms with van der Waals surface area (Å²) in [6.45, 7) is 3.47. The van der Waals surface area contributed by atoms with E-state index in [2.05, 4.69) is 16.0 Å². The van der Waals surface area contributed by atoms with Gasteiger partial charge in [0.25, 0.3) is 5.56 Å². The van der Waals surface area contributed by atoms with Crippen molar-refractivity contribution >= 4 is 23.1 Å². The molecule has 0 unspecified atom stereocenters. The Balaban J connectivity index is 1.69. The molecule has 0 aliphatic carbocycles. The average Bonchev–Trinajstić information content (AvgIpc) is 2.84. The van der Waals surface area contributed by atoms with E-state index in [-0.39, 0.29) is 30.5 Å². The lowest BCUT2D eigenvalue weighted by Gasteiger charge is -2.33. The van der Waals surface area contributed by atoms with Crippen molar-refractivity contribution < 1.29 is 4.79 Å². The van der Waals surface area contributed by atoms with Gasteiger partial charge in [-0.3, -0.25) is 19.1 Å². The number of para-hydroxylation sites is 1. The Morgan fingerprint density at radius 2 is 1.82 bits per heavy atom. The van der Waals surface area contributed by atoms with Crippen molar-refractivity contribution in [3.63, 3.8) is 0 Å². The molecule has 0 spiro atoms. The SMILES string of the molecule is CCCCN(C(=O)CN1CCCc2ccccc21)c1c(N)n(Cc2ccccc2)c(=O)[nH]c1=O. The molecule has 0 atom stereocenters. The summed E-state index contributed by atoms with van der Waals surface area (Å²) in [5.74, 6) is -0.214. The number of nitrogens with one attached hydrogen (secondary N) is 1. The molecule has 3 aromatic rings. The molecule has 0 bridgehead atoms. The minimum atomic E-state index is -0.643. The standard InChI is InChI=1S/C26H31N5O3/c1-2-3-16-30(22(32)18-29-15-9-13-20-12-7-8-14-21(20)29)23-24(27)31(26(34)28-25(23)33)17-19-10-5-4-6-11-19/h4-8,10-12,14H,2-3,9,13,15-18,27H2,1H3,(H,28,33,34). The van der Waals surface area contributed by atoms with Crippen molar-refractivity contribution in [3.8, 4) is 0 Å². The number of carbonyl (C=O) groups excluding carboxylic acids is 1. The van der Waals surface area contributed by atoms with E-state index in [1.165, 1.54) is 15.0 Å². The van der Waals surface area contributed by atoms with Crippen molar-refractivity contribution in [2.24, 2.45) is 0 Å². The normalized spacial score (nSPS) is 12.9. The zero-order chi connectivity index (χ0) is 24.1. The number of nitrogens with zero attached hydrogens (tertiary/aromatic N) is 3. The van der Waals surface area contributed by atoms with Gasteiger partial charge in [0.1, 0.15) is 5.82 Å². The fourth-order valence-corrected chi connectivity index (χ4v) is 4.46. The number of fused-ring (bicyclic) bond motifs is 1. The second-order valence-corrected chi connectivity index (χ2v) is 8.62. The highest BCUT2D eigenvalue weighted by Gasteiger charge is 2.27. The van der Waals surface area contributed by atoms with Gasteiger partial charge in [-0.2, -0.15) is 0 Å². The summed E-state index contributed by atoms with van der Waals surface area (Å²) in [5, 5.41) is 0. The number of anilines is 3. The number of unbranched alkanes of at least 4 members (excludes halogenated alkanes) is 1. The van der Waals surface area contributed by atoms with Crippen LogP contribution in [-0.4, -0.2) is 35.1 Å². The van der Waals surface area contributed by atoms with Gasteiger partial charge in [-0.25, -0.2) is 4.79 Å². The number of hydrogen-bond acceptors (Lipinski definition) is 5. The molecular formula is C26H31N5O3. The number of nitrogens with two attached hydrogens (primary N) is 1. The molecular weight excluding hydrogens is 430 g/mol. The van der Waals surface area contributed by atoms with E-state index in [0.29, 0.717) is 13.0 Å². The first kappa shape index (κ1) is 23.4. The van der Waals surface area contributed by atoms with E-state index >= 15 is 0 Å². The first-order chi connectivity index (χ1) is 16.5. The molecule has 178 valence electrons. The summed E-state index contributed by atoms with van der Waals surface area (Å²) >= 11 is 0. The van der Waals surface area contributed by atoms with Crippen LogP contribution in [0.5, 0.6) is 0 Å². The van der Waals surface area contributed by atoms with Gasteiger partial charge in [-0.1, -0.05) is 61.9 Å². The highest BCUT2D eigenvalue weighted by Crippen LogP contribution is 2.27. The number of benzene rings is 2. The van der Waals surface area contributed by atoms with Crippen LogP contribution in [0.3, 0.4) is 0 Å². The largest absolute Gasteiger partial charge is 0.383 e. The van der Waals surface area contributed by atoms with Gasteiger partial charge in [0.05, 0.1) is 13.1 Å². The van der Waals surface area contributed by atoms with Crippen molar-refractivity contribution in [2.75, 3.05) is 35.2 Å². The molecule has 1 aromatic heterocycles. The van der Waals surface area contributed by atoms with Crippen LogP contribution in [0.2, 0.25) is 0 Å². The molecule has 0 radical (unpaired) electrons. The molecule has 1 amide bonds. The Bertz CT molecular complexity index is 1270. The Kier molecular flexibility index (Phi) is 7.15. The van der Waals surface area contributed by atoms with E-state index in [1.807, 2.05) is 55.5 Å². The maximum Gasteiger partial charge on any atom is 0.330 e. The number of amides is 1. The zero-order valence-corrected chi connectivity index (χ0v) is 19.5. The molecule has 0 saturated heterocycles. The summed E-state index contributed by atoms with van der Waals surface area (Å²) in [6.07, 6.45) is 3.50. The van der Waals surface area contributed by atoms with E-state index in [1.54, 1.807) is 0 Å². The predicted octanol–water partition coefficient (Wildman–Crippen LogP) is 2.75. The number of aryl methyl sites for hydroxylation is 1. The Morgan fingerprint density at radius 1 is 1.09 bits per heavy atom. The minimum absolute atomic E-state index is 0.00102. The monoisotopic (exact) mass is 461 g/mol. The van der Waals surface area contributed by atoms with Gasteiger partial charge in [0.15, 0.2) is 5.69 Å². The lowest BCUT2D eigenvalue weighted by Crippen LogP contribution is -2.46. The molecule has 2 aromatic carbocycles. The van der Waals surface area contributed by atoms with E-state index in [9.17, 15) is 14.4 Å². The smallest absolute Gasteiger partial charge is 0.330 e. The van der Waals surface area contributed by atoms with Gasteiger partial charge in [0.2, 0.25) is 5.91 Å². The molecule has 8 nitrogen and oxygen atoms in total. The third-order valence-corrected chi connectivity index (χ3v) is 6.24. The van der Waals surface area contributed by atoms with Crippen LogP contribution in [0.1, 0.15) is 37.3 Å². The molecule has 1 aliphatic rings. The highest BCUT2D eigenvalue weighted by molar-refractivity contribution is 5.98. The number of aromatic nitrogens is 2. The topological polar surface area (TPSA) is 104 Å². The van der Waals surface area contributed by atoms with Gasteiger partial charge in [-0.05, 0) is 36.5 Å². The Morgan fingerprint density at radius 3 is 2.59 bits per heavy atom. The molecule has 34 heavy (non-hydrogen) atoms. The molecule has 1 aliphatic heterocycles. The van der Waals surface area contributed by atoms with E-state index < -0.39 is 11.2 Å². The third-order valence-electron chi connectivity index (χ3n) is 6.24. The van der Waals surface area contributed by atoms with Gasteiger partial charge in [0, 0.05) is 18.8 Å². The quantitative estimate of drug-likeness (QED) is 0.537. The molecule has 4 rings (SSSR count). The number of H-pyrrole nitrogens is 1. The molecule has 2 heterocycles. The fraction of sp³-hybridized carbons (Fsp3) is 0.346. The van der Waals surface area contributed by atoms with Gasteiger partial charge >= 0.3 is 5.69 Å².